The quantitative estimate of drug-likeness (QED) is 0.205. The molecule has 3 aromatic heterocycles. The topological polar surface area (TPSA) is 68.0 Å². The fourth-order valence-corrected chi connectivity index (χ4v) is 7.80. The summed E-state index contributed by atoms with van der Waals surface area (Å²) in [5.41, 5.74) is 9.50. The number of rotatable bonds is 4. The van der Waals surface area contributed by atoms with Gasteiger partial charge in [-0.1, -0.05) is 115 Å². The van der Waals surface area contributed by atoms with Gasteiger partial charge in [0.15, 0.2) is 5.84 Å². The largest absolute Gasteiger partial charge is 0.456 e. The van der Waals surface area contributed by atoms with E-state index >= 15 is 0 Å². The molecule has 0 spiro atoms. The fraction of sp³-hybridized carbons (Fsp3) is 0.0222. The van der Waals surface area contributed by atoms with Crippen LogP contribution in [0.5, 0.6) is 0 Å². The molecule has 0 aliphatic carbocycles. The number of benzene rings is 7. The monoisotopic (exact) mass is 656 g/mol. The molecular weight excluding hydrogens is 629 g/mol. The van der Waals surface area contributed by atoms with Crippen LogP contribution in [0.2, 0.25) is 0 Å². The van der Waals surface area contributed by atoms with Crippen LogP contribution < -0.4 is 5.32 Å². The molecule has 0 fully saturated rings. The lowest BCUT2D eigenvalue weighted by Gasteiger charge is -2.24. The predicted molar refractivity (Wildman–Crippen MR) is 207 cm³/mol. The Hall–Kier alpha value is -6.92. The molecule has 1 unspecified atom stereocenters. The number of aromatic nitrogens is 1. The maximum absolute atomic E-state index is 6.60. The van der Waals surface area contributed by atoms with E-state index in [-0.39, 0.29) is 0 Å². The molecule has 1 atom stereocenters. The molecule has 0 amide bonds. The Morgan fingerprint density at radius 3 is 1.94 bits per heavy atom. The van der Waals surface area contributed by atoms with Gasteiger partial charge in [0, 0.05) is 43.6 Å². The van der Waals surface area contributed by atoms with Crippen molar-refractivity contribution < 1.29 is 8.83 Å². The van der Waals surface area contributed by atoms with Gasteiger partial charge in [0.05, 0.1) is 22.1 Å². The maximum atomic E-state index is 6.60. The SMILES string of the molecule is c1ccc(C2=NC(c3cccc4oc5cccc(-n6c7ccccc7c7ccccc76)c5c34)=NC(c3ccc4c(c3)oc3ccccc34)N2)cc1. The van der Waals surface area contributed by atoms with E-state index in [0.29, 0.717) is 5.84 Å². The van der Waals surface area contributed by atoms with Crippen molar-refractivity contribution in [1.82, 2.24) is 9.88 Å². The van der Waals surface area contributed by atoms with Gasteiger partial charge in [-0.15, -0.1) is 0 Å². The van der Waals surface area contributed by atoms with Gasteiger partial charge < -0.3 is 18.7 Å². The molecule has 0 bridgehead atoms. The molecule has 0 radical (unpaired) electrons. The first-order valence-corrected chi connectivity index (χ1v) is 17.1. The Morgan fingerprint density at radius 2 is 1.14 bits per heavy atom. The van der Waals surface area contributed by atoms with E-state index in [4.69, 9.17) is 18.8 Å². The molecule has 0 saturated carbocycles. The lowest BCUT2D eigenvalue weighted by Crippen LogP contribution is -2.33. The van der Waals surface area contributed by atoms with Crippen LogP contribution in [0.3, 0.4) is 0 Å². The van der Waals surface area contributed by atoms with Crippen molar-refractivity contribution in [2.24, 2.45) is 9.98 Å². The molecular formula is C45H28N4O2. The summed E-state index contributed by atoms with van der Waals surface area (Å²) in [6.45, 7) is 0. The minimum atomic E-state index is -0.407. The summed E-state index contributed by atoms with van der Waals surface area (Å²) in [4.78, 5) is 10.5. The standard InChI is InChI=1S/C45H28N4O2/c1-2-12-27(13-3-1)43-46-44(28-24-25-32-31-16-6-9-21-37(31)50-40(32)26-28)48-45(47-43)33-17-10-22-38-41(33)42-36(20-11-23-39(42)51-38)49-34-18-7-4-14-29(34)30-15-5-8-19-35(30)49/h1-26,44H,(H,46,47,48). The molecule has 6 heteroatoms. The van der Waals surface area contributed by atoms with E-state index in [1.807, 2.05) is 54.6 Å². The van der Waals surface area contributed by atoms with Gasteiger partial charge in [-0.25, -0.2) is 9.98 Å². The van der Waals surface area contributed by atoms with Crippen LogP contribution in [0.25, 0.3) is 71.4 Å². The van der Waals surface area contributed by atoms with Crippen molar-refractivity contribution in [2.45, 2.75) is 6.17 Å². The molecule has 1 aliphatic heterocycles. The normalized spacial score (nSPS) is 14.9. The number of aliphatic imine (C=N–C) groups is 2. The van der Waals surface area contributed by atoms with Gasteiger partial charge >= 0.3 is 0 Å². The first-order chi connectivity index (χ1) is 25.3. The van der Waals surface area contributed by atoms with Crippen molar-refractivity contribution >= 4 is 77.4 Å². The number of nitrogens with one attached hydrogen (secondary N) is 1. The third-order valence-electron chi connectivity index (χ3n) is 10.1. The molecule has 51 heavy (non-hydrogen) atoms. The highest BCUT2D eigenvalue weighted by Crippen LogP contribution is 2.40. The van der Waals surface area contributed by atoms with E-state index in [9.17, 15) is 0 Å². The van der Waals surface area contributed by atoms with Crippen LogP contribution >= 0.6 is 0 Å². The Balaban J connectivity index is 1.16. The Labute approximate surface area is 291 Å². The molecule has 240 valence electrons. The Morgan fingerprint density at radius 1 is 0.510 bits per heavy atom. The average molecular weight is 657 g/mol. The molecule has 1 aliphatic rings. The lowest BCUT2D eigenvalue weighted by molar-refractivity contribution is 0.655. The summed E-state index contributed by atoms with van der Waals surface area (Å²) in [5, 5.41) is 10.2. The van der Waals surface area contributed by atoms with Gasteiger partial charge in [0.25, 0.3) is 0 Å². The predicted octanol–water partition coefficient (Wildman–Crippen LogP) is 11.1. The number of nitrogens with zero attached hydrogens (tertiary/aromatic N) is 3. The highest BCUT2D eigenvalue weighted by molar-refractivity contribution is 6.24. The number of amidine groups is 2. The summed E-state index contributed by atoms with van der Waals surface area (Å²) in [6, 6.07) is 54.4. The molecule has 10 aromatic rings. The van der Waals surface area contributed by atoms with Crippen LogP contribution in [0, 0.1) is 0 Å². The number of furan rings is 2. The summed E-state index contributed by atoms with van der Waals surface area (Å²) in [6.07, 6.45) is -0.407. The second-order valence-electron chi connectivity index (χ2n) is 13.0. The molecule has 6 nitrogen and oxygen atoms in total. The van der Waals surface area contributed by atoms with Crippen LogP contribution in [-0.4, -0.2) is 16.2 Å². The molecule has 0 saturated heterocycles. The molecule has 11 rings (SSSR count). The van der Waals surface area contributed by atoms with E-state index in [2.05, 4.69) is 113 Å². The van der Waals surface area contributed by atoms with Crippen molar-refractivity contribution in [2.75, 3.05) is 0 Å². The van der Waals surface area contributed by atoms with Crippen LogP contribution in [0.1, 0.15) is 22.9 Å². The third-order valence-corrected chi connectivity index (χ3v) is 10.1. The number of para-hydroxylation sites is 3. The van der Waals surface area contributed by atoms with Crippen LogP contribution in [-0.2, 0) is 0 Å². The molecule has 7 aromatic carbocycles. The maximum Gasteiger partial charge on any atom is 0.160 e. The summed E-state index contributed by atoms with van der Waals surface area (Å²) in [7, 11) is 0. The zero-order valence-corrected chi connectivity index (χ0v) is 27.2. The summed E-state index contributed by atoms with van der Waals surface area (Å²) >= 11 is 0. The first-order valence-electron chi connectivity index (χ1n) is 17.1. The van der Waals surface area contributed by atoms with Crippen LogP contribution in [0.4, 0.5) is 0 Å². The zero-order valence-electron chi connectivity index (χ0n) is 27.2. The highest BCUT2D eigenvalue weighted by Gasteiger charge is 2.26. The van der Waals surface area contributed by atoms with E-state index in [1.54, 1.807) is 0 Å². The van der Waals surface area contributed by atoms with Gasteiger partial charge in [-0.05, 0) is 42.5 Å². The summed E-state index contributed by atoms with van der Waals surface area (Å²) in [5.74, 6) is 1.38. The Bertz CT molecular complexity index is 3020. The fourth-order valence-electron chi connectivity index (χ4n) is 7.80. The number of fused-ring (bicyclic) bond motifs is 9. The van der Waals surface area contributed by atoms with Gasteiger partial charge in [0.2, 0.25) is 0 Å². The molecule has 1 N–H and O–H groups in total. The summed E-state index contributed by atoms with van der Waals surface area (Å²) < 4.78 is 15.2. The van der Waals surface area contributed by atoms with Crippen molar-refractivity contribution in [3.63, 3.8) is 0 Å². The molecule has 4 heterocycles. The van der Waals surface area contributed by atoms with Crippen LogP contribution in [0.15, 0.2) is 177 Å². The van der Waals surface area contributed by atoms with E-state index < -0.39 is 6.17 Å². The lowest BCUT2D eigenvalue weighted by atomic mass is 10.0. The van der Waals surface area contributed by atoms with E-state index in [1.165, 1.54) is 10.8 Å². The van der Waals surface area contributed by atoms with Crippen molar-refractivity contribution in [3.05, 3.63) is 174 Å². The number of hydrogen-bond acceptors (Lipinski definition) is 5. The second-order valence-corrected chi connectivity index (χ2v) is 13.0. The highest BCUT2D eigenvalue weighted by atomic mass is 16.3. The van der Waals surface area contributed by atoms with Gasteiger partial charge in [-0.2, -0.15) is 0 Å². The van der Waals surface area contributed by atoms with Crippen molar-refractivity contribution in [1.29, 1.82) is 0 Å². The van der Waals surface area contributed by atoms with Gasteiger partial charge in [0.1, 0.15) is 34.3 Å². The van der Waals surface area contributed by atoms with E-state index in [0.717, 1.165) is 83.1 Å². The average Bonchev–Trinajstić information content (AvgIpc) is 3.87. The zero-order chi connectivity index (χ0) is 33.5. The smallest absolute Gasteiger partial charge is 0.160 e. The third kappa shape index (κ3) is 4.23. The Kier molecular flexibility index (Phi) is 5.92. The van der Waals surface area contributed by atoms with Gasteiger partial charge in [-0.3, -0.25) is 0 Å². The minimum absolute atomic E-state index is 0.407. The first kappa shape index (κ1) is 28.0. The van der Waals surface area contributed by atoms with Crippen molar-refractivity contribution in [3.8, 4) is 5.69 Å². The second kappa shape index (κ2) is 10.8. The minimum Gasteiger partial charge on any atom is -0.456 e. The number of hydrogen-bond donors (Lipinski definition) is 1.